The van der Waals surface area contributed by atoms with Gasteiger partial charge in [0.2, 0.25) is 0 Å². The molecule has 4 heteroatoms. The van der Waals surface area contributed by atoms with Crippen LogP contribution >= 0.6 is 23.2 Å². The van der Waals surface area contributed by atoms with E-state index >= 15 is 0 Å². The third kappa shape index (κ3) is 3.77. The van der Waals surface area contributed by atoms with Crippen molar-refractivity contribution in [2.45, 2.75) is 35.9 Å². The summed E-state index contributed by atoms with van der Waals surface area (Å²) >= 11 is 12.7. The molecule has 0 saturated heterocycles. The molecule has 1 saturated carbocycles. The number of hydrogen-bond donors (Lipinski definition) is 0. The third-order valence-corrected chi connectivity index (χ3v) is 4.12. The maximum atomic E-state index is 6.57. The van der Waals surface area contributed by atoms with Crippen LogP contribution in [0.3, 0.4) is 0 Å². The van der Waals surface area contributed by atoms with Crippen LogP contribution in [0.5, 0.6) is 0 Å². The molecule has 0 amide bonds. The van der Waals surface area contributed by atoms with E-state index in [9.17, 15) is 0 Å². The van der Waals surface area contributed by atoms with Gasteiger partial charge in [-0.3, -0.25) is 0 Å². The van der Waals surface area contributed by atoms with E-state index in [4.69, 9.17) is 32.7 Å². The molecule has 2 nitrogen and oxygen atoms in total. The molecule has 15 heavy (non-hydrogen) atoms. The van der Waals surface area contributed by atoms with Crippen molar-refractivity contribution in [3.63, 3.8) is 0 Å². The van der Waals surface area contributed by atoms with E-state index in [2.05, 4.69) is 0 Å². The molecular weight excluding hydrogens is 235 g/mol. The first-order valence-corrected chi connectivity index (χ1v) is 6.24. The van der Waals surface area contributed by atoms with E-state index in [0.717, 1.165) is 25.7 Å². The summed E-state index contributed by atoms with van der Waals surface area (Å²) in [5.74, 6) is 0.453. The number of rotatable bonds is 5. The van der Waals surface area contributed by atoms with Gasteiger partial charge >= 0.3 is 0 Å². The molecular formula is C11H20Cl2O2. The topological polar surface area (TPSA) is 18.5 Å². The van der Waals surface area contributed by atoms with Gasteiger partial charge in [0.1, 0.15) is 0 Å². The van der Waals surface area contributed by atoms with Gasteiger partial charge in [-0.2, -0.15) is 0 Å². The quantitative estimate of drug-likeness (QED) is 0.703. The maximum Gasteiger partial charge on any atom is 0.0939 e. The molecule has 0 aromatic heterocycles. The van der Waals surface area contributed by atoms with Gasteiger partial charge < -0.3 is 9.47 Å². The highest BCUT2D eigenvalue weighted by atomic mass is 35.5. The number of methoxy groups -OCH3 is 2. The molecule has 90 valence electrons. The van der Waals surface area contributed by atoms with Gasteiger partial charge in [-0.05, 0) is 31.6 Å². The monoisotopic (exact) mass is 254 g/mol. The average Bonchev–Trinajstić information content (AvgIpc) is 2.19. The Kier molecular flexibility index (Phi) is 5.69. The Labute approximate surface area is 102 Å². The van der Waals surface area contributed by atoms with Crippen molar-refractivity contribution in [1.82, 2.24) is 0 Å². The normalized spacial score (nSPS) is 28.0. The molecule has 0 aliphatic heterocycles. The molecule has 0 N–H and O–H groups in total. The Hall–Kier alpha value is 0.500. The number of ether oxygens (including phenoxy) is 2. The molecule has 0 atom stereocenters. The Balaban J connectivity index is 2.55. The van der Waals surface area contributed by atoms with E-state index in [1.165, 1.54) is 0 Å². The van der Waals surface area contributed by atoms with Crippen LogP contribution < -0.4 is 0 Å². The minimum absolute atomic E-state index is 0.326. The summed E-state index contributed by atoms with van der Waals surface area (Å²) in [4.78, 5) is -0.374. The molecule has 0 unspecified atom stereocenters. The van der Waals surface area contributed by atoms with Crippen LogP contribution in [0, 0.1) is 5.92 Å². The summed E-state index contributed by atoms with van der Waals surface area (Å²) in [6, 6.07) is 0. The molecule has 0 aromatic rings. The third-order valence-electron chi connectivity index (χ3n) is 3.16. The van der Waals surface area contributed by atoms with Gasteiger partial charge in [-0.25, -0.2) is 0 Å². The number of halogens is 2. The van der Waals surface area contributed by atoms with Crippen molar-refractivity contribution in [2.24, 2.45) is 5.92 Å². The molecule has 1 fully saturated rings. The number of alkyl halides is 2. The van der Waals surface area contributed by atoms with Crippen LogP contribution in [0.2, 0.25) is 0 Å². The van der Waals surface area contributed by atoms with Crippen LogP contribution in [0.4, 0.5) is 0 Å². The van der Waals surface area contributed by atoms with Gasteiger partial charge in [-0.1, -0.05) is 0 Å². The van der Waals surface area contributed by atoms with Crippen LogP contribution in [0.15, 0.2) is 0 Å². The maximum absolute atomic E-state index is 6.57. The second-order valence-corrected chi connectivity index (χ2v) is 5.72. The highest BCUT2D eigenvalue weighted by molar-refractivity contribution is 6.24. The molecule has 0 aromatic carbocycles. The lowest BCUT2D eigenvalue weighted by Gasteiger charge is -2.37. The van der Waals surface area contributed by atoms with Crippen molar-refractivity contribution in [3.05, 3.63) is 0 Å². The SMILES string of the molecule is COCC(Cl)(COC)C1CCC(Cl)CC1. The van der Waals surface area contributed by atoms with Gasteiger partial charge in [0.15, 0.2) is 0 Å². The number of hydrogen-bond acceptors (Lipinski definition) is 2. The Morgan fingerprint density at radius 3 is 1.93 bits per heavy atom. The standard InChI is InChI=1S/C11H20Cl2O2/c1-14-7-11(13,8-15-2)9-3-5-10(12)6-4-9/h9-10H,3-8H2,1-2H3. The fraction of sp³-hybridized carbons (Fsp3) is 1.00. The van der Waals surface area contributed by atoms with Crippen LogP contribution in [-0.2, 0) is 9.47 Å². The summed E-state index contributed by atoms with van der Waals surface area (Å²) in [7, 11) is 3.36. The lowest BCUT2D eigenvalue weighted by atomic mass is 9.80. The van der Waals surface area contributed by atoms with Gasteiger partial charge in [0.05, 0.1) is 18.1 Å². The fourth-order valence-corrected chi connectivity index (χ4v) is 3.02. The predicted molar refractivity (Wildman–Crippen MR) is 63.9 cm³/mol. The summed E-state index contributed by atoms with van der Waals surface area (Å²) in [5, 5.41) is 0.326. The van der Waals surface area contributed by atoms with E-state index in [-0.39, 0.29) is 4.87 Å². The highest BCUT2D eigenvalue weighted by Gasteiger charge is 2.39. The zero-order valence-corrected chi connectivity index (χ0v) is 11.0. The lowest BCUT2D eigenvalue weighted by molar-refractivity contribution is 0.0608. The molecule has 1 rings (SSSR count). The van der Waals surface area contributed by atoms with Crippen molar-refractivity contribution in [2.75, 3.05) is 27.4 Å². The largest absolute Gasteiger partial charge is 0.383 e. The average molecular weight is 255 g/mol. The minimum Gasteiger partial charge on any atom is -0.383 e. The molecule has 0 heterocycles. The fourth-order valence-electron chi connectivity index (χ4n) is 2.33. The zero-order chi connectivity index (χ0) is 11.3. The van der Waals surface area contributed by atoms with Crippen LogP contribution in [0.25, 0.3) is 0 Å². The summed E-state index contributed by atoms with van der Waals surface area (Å²) in [5.41, 5.74) is 0. The van der Waals surface area contributed by atoms with Crippen molar-refractivity contribution >= 4 is 23.2 Å². The molecule has 0 bridgehead atoms. The van der Waals surface area contributed by atoms with Crippen molar-refractivity contribution in [3.8, 4) is 0 Å². The van der Waals surface area contributed by atoms with Crippen LogP contribution in [-0.4, -0.2) is 37.7 Å². The second-order valence-electron chi connectivity index (χ2n) is 4.35. The molecule has 1 aliphatic carbocycles. The first-order chi connectivity index (χ1) is 7.12. The van der Waals surface area contributed by atoms with E-state index in [0.29, 0.717) is 24.5 Å². The van der Waals surface area contributed by atoms with Gasteiger partial charge in [0, 0.05) is 19.6 Å². The molecule has 0 spiro atoms. The van der Waals surface area contributed by atoms with Crippen molar-refractivity contribution < 1.29 is 9.47 Å². The molecule has 1 aliphatic rings. The van der Waals surface area contributed by atoms with E-state index < -0.39 is 0 Å². The smallest absolute Gasteiger partial charge is 0.0939 e. The first kappa shape index (κ1) is 13.6. The van der Waals surface area contributed by atoms with Gasteiger partial charge in [-0.15, -0.1) is 23.2 Å². The second kappa shape index (κ2) is 6.29. The van der Waals surface area contributed by atoms with E-state index in [1.54, 1.807) is 14.2 Å². The summed E-state index contributed by atoms with van der Waals surface area (Å²) in [6.45, 7) is 1.08. The first-order valence-electron chi connectivity index (χ1n) is 5.43. The molecule has 0 radical (unpaired) electrons. The Morgan fingerprint density at radius 2 is 1.53 bits per heavy atom. The Morgan fingerprint density at radius 1 is 1.07 bits per heavy atom. The highest BCUT2D eigenvalue weighted by Crippen LogP contribution is 2.39. The Bertz CT molecular complexity index is 173. The van der Waals surface area contributed by atoms with E-state index in [1.807, 2.05) is 0 Å². The van der Waals surface area contributed by atoms with Crippen molar-refractivity contribution in [1.29, 1.82) is 0 Å². The summed E-state index contributed by atoms with van der Waals surface area (Å²) in [6.07, 6.45) is 4.25. The zero-order valence-electron chi connectivity index (χ0n) is 9.47. The summed E-state index contributed by atoms with van der Waals surface area (Å²) < 4.78 is 10.4. The lowest BCUT2D eigenvalue weighted by Crippen LogP contribution is -2.43. The van der Waals surface area contributed by atoms with Gasteiger partial charge in [0.25, 0.3) is 0 Å². The minimum atomic E-state index is -0.374. The van der Waals surface area contributed by atoms with Crippen LogP contribution in [0.1, 0.15) is 25.7 Å². The predicted octanol–water partition coefficient (Wildman–Crippen LogP) is 3.05.